The van der Waals surface area contributed by atoms with E-state index in [1.165, 1.54) is 12.1 Å². The van der Waals surface area contributed by atoms with E-state index in [0.29, 0.717) is 25.5 Å². The summed E-state index contributed by atoms with van der Waals surface area (Å²) in [6.07, 6.45) is 0. The number of benzene rings is 1. The molecular weight excluding hydrogens is 429 g/mol. The summed E-state index contributed by atoms with van der Waals surface area (Å²) in [7, 11) is 0. The molecule has 1 saturated heterocycles. The molecule has 1 N–H and O–H groups in total. The number of thiophene rings is 1. The van der Waals surface area contributed by atoms with Gasteiger partial charge in [-0.15, -0.1) is 11.3 Å². The van der Waals surface area contributed by atoms with Crippen molar-refractivity contribution in [2.24, 2.45) is 0 Å². The number of hydrogen-bond donors (Lipinski definition) is 1. The third-order valence-electron chi connectivity index (χ3n) is 5.10. The van der Waals surface area contributed by atoms with Gasteiger partial charge in [0, 0.05) is 24.5 Å². The van der Waals surface area contributed by atoms with E-state index in [-0.39, 0.29) is 33.8 Å². The number of amides is 1. The van der Waals surface area contributed by atoms with Gasteiger partial charge in [0.2, 0.25) is 0 Å². The quantitative estimate of drug-likeness (QED) is 0.607. The molecule has 6 nitrogen and oxygen atoms in total. The van der Waals surface area contributed by atoms with Gasteiger partial charge in [-0.05, 0) is 30.5 Å². The smallest absolute Gasteiger partial charge is 0.257 e. The van der Waals surface area contributed by atoms with Crippen LogP contribution in [0.25, 0.3) is 11.3 Å². The van der Waals surface area contributed by atoms with Gasteiger partial charge in [0.1, 0.15) is 22.8 Å². The van der Waals surface area contributed by atoms with Crippen LogP contribution < -0.4 is 5.32 Å². The van der Waals surface area contributed by atoms with E-state index < -0.39 is 5.82 Å². The van der Waals surface area contributed by atoms with E-state index in [4.69, 9.17) is 20.9 Å². The first-order valence-corrected chi connectivity index (χ1v) is 10.9. The SMILES string of the molecule is Cc1onc(-c2c(F)cccc2Cl)c1C(=O)NCC(c1cccs1)N1CCOCC1. The van der Waals surface area contributed by atoms with E-state index in [1.54, 1.807) is 24.3 Å². The summed E-state index contributed by atoms with van der Waals surface area (Å²) in [4.78, 5) is 16.5. The Kier molecular flexibility index (Phi) is 6.48. The molecule has 1 amide bonds. The lowest BCUT2D eigenvalue weighted by atomic mass is 10.0. The van der Waals surface area contributed by atoms with E-state index in [0.717, 1.165) is 18.0 Å². The van der Waals surface area contributed by atoms with E-state index in [9.17, 15) is 9.18 Å². The van der Waals surface area contributed by atoms with Gasteiger partial charge in [-0.25, -0.2) is 4.39 Å². The zero-order valence-corrected chi connectivity index (χ0v) is 17.9. The second-order valence-electron chi connectivity index (χ2n) is 6.95. The predicted octanol–water partition coefficient (Wildman–Crippen LogP) is 4.31. The molecule has 0 bridgehead atoms. The average molecular weight is 450 g/mol. The largest absolute Gasteiger partial charge is 0.379 e. The number of aromatic nitrogens is 1. The molecule has 30 heavy (non-hydrogen) atoms. The van der Waals surface area contributed by atoms with Crippen molar-refractivity contribution < 1.29 is 18.4 Å². The molecule has 0 spiro atoms. The molecule has 0 aliphatic carbocycles. The molecule has 1 aliphatic rings. The van der Waals surface area contributed by atoms with Gasteiger partial charge in [-0.3, -0.25) is 9.69 Å². The van der Waals surface area contributed by atoms with Crippen LogP contribution in [0.1, 0.15) is 27.0 Å². The van der Waals surface area contributed by atoms with Gasteiger partial charge >= 0.3 is 0 Å². The van der Waals surface area contributed by atoms with Crippen molar-refractivity contribution in [3.05, 3.63) is 62.8 Å². The highest BCUT2D eigenvalue weighted by Gasteiger charge is 2.28. The van der Waals surface area contributed by atoms with Crippen LogP contribution in [0.15, 0.2) is 40.2 Å². The van der Waals surface area contributed by atoms with Crippen LogP contribution in [0, 0.1) is 12.7 Å². The number of halogens is 2. The zero-order chi connectivity index (χ0) is 21.1. The third kappa shape index (κ3) is 4.27. The third-order valence-corrected chi connectivity index (χ3v) is 6.39. The fourth-order valence-corrected chi connectivity index (χ4v) is 4.71. The Morgan fingerprint density at radius 3 is 2.83 bits per heavy atom. The summed E-state index contributed by atoms with van der Waals surface area (Å²) in [5, 5.41) is 9.08. The lowest BCUT2D eigenvalue weighted by Crippen LogP contribution is -2.43. The minimum Gasteiger partial charge on any atom is -0.379 e. The minimum absolute atomic E-state index is 0.0264. The maximum atomic E-state index is 14.4. The van der Waals surface area contributed by atoms with Gasteiger partial charge in [0.25, 0.3) is 5.91 Å². The number of nitrogens with zero attached hydrogens (tertiary/aromatic N) is 2. The fraction of sp³-hybridized carbons (Fsp3) is 0.333. The molecule has 3 heterocycles. The van der Waals surface area contributed by atoms with Crippen molar-refractivity contribution in [1.29, 1.82) is 0 Å². The van der Waals surface area contributed by atoms with Gasteiger partial charge in [0.15, 0.2) is 0 Å². The predicted molar refractivity (Wildman–Crippen MR) is 113 cm³/mol. The second-order valence-corrected chi connectivity index (χ2v) is 8.34. The second kappa shape index (κ2) is 9.26. The highest BCUT2D eigenvalue weighted by atomic mass is 35.5. The maximum absolute atomic E-state index is 14.4. The average Bonchev–Trinajstić information content (AvgIpc) is 3.39. The van der Waals surface area contributed by atoms with E-state index >= 15 is 0 Å². The number of aryl methyl sites for hydroxylation is 1. The number of carbonyl (C=O) groups excluding carboxylic acids is 1. The normalized spacial score (nSPS) is 15.8. The van der Waals surface area contributed by atoms with Crippen molar-refractivity contribution in [1.82, 2.24) is 15.4 Å². The highest BCUT2D eigenvalue weighted by Crippen LogP contribution is 2.33. The molecule has 9 heteroatoms. The molecular formula is C21H21ClFN3O3S. The first-order chi connectivity index (χ1) is 14.6. The number of ether oxygens (including phenoxy) is 1. The number of nitrogens with one attached hydrogen (secondary N) is 1. The highest BCUT2D eigenvalue weighted by molar-refractivity contribution is 7.10. The van der Waals surface area contributed by atoms with Crippen LogP contribution in [0.3, 0.4) is 0 Å². The standard InChI is InChI=1S/C21H21ClFN3O3S/c1-13-18(20(25-29-13)19-14(22)4-2-5-15(19)23)21(27)24-12-16(17-6-3-11-30-17)26-7-9-28-10-8-26/h2-6,11,16H,7-10,12H2,1H3,(H,24,27). The summed E-state index contributed by atoms with van der Waals surface area (Å²) >= 11 is 7.83. The molecule has 1 fully saturated rings. The summed E-state index contributed by atoms with van der Waals surface area (Å²) in [5.74, 6) is -0.631. The number of morpholine rings is 1. The van der Waals surface area contributed by atoms with Crippen molar-refractivity contribution in [3.8, 4) is 11.3 Å². The molecule has 2 aromatic heterocycles. The minimum atomic E-state index is -0.561. The number of rotatable bonds is 6. The molecule has 0 radical (unpaired) electrons. The summed E-state index contributed by atoms with van der Waals surface area (Å²) < 4.78 is 25.1. The molecule has 1 aromatic carbocycles. The molecule has 1 unspecified atom stereocenters. The van der Waals surface area contributed by atoms with Gasteiger partial charge in [0.05, 0.1) is 29.8 Å². The van der Waals surface area contributed by atoms with Crippen molar-refractivity contribution in [2.45, 2.75) is 13.0 Å². The number of carbonyl (C=O) groups is 1. The van der Waals surface area contributed by atoms with E-state index in [1.807, 2.05) is 11.4 Å². The van der Waals surface area contributed by atoms with Crippen LogP contribution in [-0.2, 0) is 4.74 Å². The maximum Gasteiger partial charge on any atom is 0.257 e. The van der Waals surface area contributed by atoms with Gasteiger partial charge in [-0.2, -0.15) is 0 Å². The zero-order valence-electron chi connectivity index (χ0n) is 16.4. The summed E-state index contributed by atoms with van der Waals surface area (Å²) in [6.45, 7) is 4.93. The Labute approximate surface area is 182 Å². The van der Waals surface area contributed by atoms with Gasteiger partial charge in [-0.1, -0.05) is 28.9 Å². The van der Waals surface area contributed by atoms with Crippen LogP contribution in [0.5, 0.6) is 0 Å². The van der Waals surface area contributed by atoms with Gasteiger partial charge < -0.3 is 14.6 Å². The first-order valence-electron chi connectivity index (χ1n) is 9.60. The number of hydrogen-bond acceptors (Lipinski definition) is 6. The van der Waals surface area contributed by atoms with Crippen LogP contribution in [0.2, 0.25) is 5.02 Å². The van der Waals surface area contributed by atoms with Crippen LogP contribution >= 0.6 is 22.9 Å². The molecule has 3 aromatic rings. The summed E-state index contributed by atoms with van der Waals surface area (Å²) in [5.41, 5.74) is 0.352. The molecule has 0 saturated carbocycles. The first kappa shape index (κ1) is 21.0. The lowest BCUT2D eigenvalue weighted by molar-refractivity contribution is 0.0169. The molecule has 158 valence electrons. The molecule has 1 atom stereocenters. The van der Waals surface area contributed by atoms with Crippen molar-refractivity contribution in [2.75, 3.05) is 32.8 Å². The Morgan fingerprint density at radius 2 is 2.13 bits per heavy atom. The van der Waals surface area contributed by atoms with Crippen LogP contribution in [0.4, 0.5) is 4.39 Å². The topological polar surface area (TPSA) is 67.6 Å². The molecule has 1 aliphatic heterocycles. The molecule has 4 rings (SSSR count). The summed E-state index contributed by atoms with van der Waals surface area (Å²) in [6, 6.07) is 8.42. The fourth-order valence-electron chi connectivity index (χ4n) is 3.59. The van der Waals surface area contributed by atoms with Crippen LogP contribution in [-0.4, -0.2) is 48.8 Å². The Morgan fingerprint density at radius 1 is 1.33 bits per heavy atom. The Hall–Kier alpha value is -2.26. The van der Waals surface area contributed by atoms with Crippen molar-refractivity contribution >= 4 is 28.8 Å². The monoisotopic (exact) mass is 449 g/mol. The van der Waals surface area contributed by atoms with Crippen molar-refractivity contribution in [3.63, 3.8) is 0 Å². The lowest BCUT2D eigenvalue weighted by Gasteiger charge is -2.34. The Bertz CT molecular complexity index is 998. The Balaban J connectivity index is 1.57. The van der Waals surface area contributed by atoms with E-state index in [2.05, 4.69) is 21.4 Å².